The fourth-order valence-corrected chi connectivity index (χ4v) is 2.29. The first-order valence-corrected chi connectivity index (χ1v) is 7.53. The normalized spacial score (nSPS) is 10.2. The minimum Gasteiger partial charge on any atom is -0.351 e. The summed E-state index contributed by atoms with van der Waals surface area (Å²) in [6.45, 7) is 4.66. The van der Waals surface area contributed by atoms with Crippen LogP contribution in [-0.4, -0.2) is 22.4 Å². The lowest BCUT2D eigenvalue weighted by atomic mass is 10.2. The Labute approximate surface area is 132 Å². The van der Waals surface area contributed by atoms with E-state index in [9.17, 15) is 4.79 Å². The van der Waals surface area contributed by atoms with Crippen LogP contribution in [-0.2, 0) is 0 Å². The molecular weight excluding hydrogens is 332 g/mol. The number of nitrogens with zero attached hydrogens (tertiary/aromatic N) is 2. The SMILES string of the molecule is CCCNC(=O)c1cnc(Nc2ccc(C)cc2Br)cn1. The van der Waals surface area contributed by atoms with Crippen molar-refractivity contribution < 1.29 is 4.79 Å². The highest BCUT2D eigenvalue weighted by Gasteiger charge is 2.07. The van der Waals surface area contributed by atoms with Gasteiger partial charge in [-0.1, -0.05) is 13.0 Å². The Hall–Kier alpha value is -1.95. The van der Waals surface area contributed by atoms with Crippen LogP contribution in [0.15, 0.2) is 35.1 Å². The summed E-state index contributed by atoms with van der Waals surface area (Å²) >= 11 is 3.50. The number of rotatable bonds is 5. The Morgan fingerprint density at radius 3 is 2.71 bits per heavy atom. The van der Waals surface area contributed by atoms with E-state index in [1.54, 1.807) is 6.20 Å². The molecule has 0 radical (unpaired) electrons. The molecule has 0 bridgehead atoms. The number of carbonyl (C=O) groups excluding carboxylic acids is 1. The highest BCUT2D eigenvalue weighted by molar-refractivity contribution is 9.10. The molecule has 1 heterocycles. The molecule has 0 fully saturated rings. The molecule has 0 unspecified atom stereocenters. The molecule has 2 rings (SSSR count). The average Bonchev–Trinajstić information content (AvgIpc) is 2.48. The highest BCUT2D eigenvalue weighted by Crippen LogP contribution is 2.25. The van der Waals surface area contributed by atoms with Gasteiger partial charge < -0.3 is 10.6 Å². The van der Waals surface area contributed by atoms with Crippen LogP contribution in [0.3, 0.4) is 0 Å². The number of nitrogens with one attached hydrogen (secondary N) is 2. The molecule has 110 valence electrons. The number of carbonyl (C=O) groups is 1. The van der Waals surface area contributed by atoms with Crippen LogP contribution in [0.2, 0.25) is 0 Å². The minimum atomic E-state index is -0.201. The van der Waals surface area contributed by atoms with E-state index in [1.165, 1.54) is 11.8 Å². The summed E-state index contributed by atoms with van der Waals surface area (Å²) in [4.78, 5) is 20.1. The summed E-state index contributed by atoms with van der Waals surface area (Å²) in [5.41, 5.74) is 2.39. The van der Waals surface area contributed by atoms with Crippen LogP contribution in [0.5, 0.6) is 0 Å². The van der Waals surface area contributed by atoms with Gasteiger partial charge in [0.1, 0.15) is 11.5 Å². The average molecular weight is 349 g/mol. The van der Waals surface area contributed by atoms with E-state index < -0.39 is 0 Å². The van der Waals surface area contributed by atoms with Gasteiger partial charge in [0.25, 0.3) is 5.91 Å². The second kappa shape index (κ2) is 7.17. The van der Waals surface area contributed by atoms with Crippen molar-refractivity contribution in [1.29, 1.82) is 0 Å². The van der Waals surface area contributed by atoms with E-state index in [0.29, 0.717) is 18.1 Å². The van der Waals surface area contributed by atoms with Crippen molar-refractivity contribution in [2.75, 3.05) is 11.9 Å². The molecule has 0 aliphatic carbocycles. The van der Waals surface area contributed by atoms with Crippen LogP contribution in [0.25, 0.3) is 0 Å². The van der Waals surface area contributed by atoms with E-state index in [2.05, 4.69) is 36.5 Å². The van der Waals surface area contributed by atoms with Crippen molar-refractivity contribution in [2.24, 2.45) is 0 Å². The van der Waals surface area contributed by atoms with Gasteiger partial charge in [0, 0.05) is 11.0 Å². The highest BCUT2D eigenvalue weighted by atomic mass is 79.9. The summed E-state index contributed by atoms with van der Waals surface area (Å²) in [5, 5.41) is 5.92. The first kappa shape index (κ1) is 15.4. The first-order chi connectivity index (χ1) is 10.1. The van der Waals surface area contributed by atoms with E-state index >= 15 is 0 Å². The van der Waals surface area contributed by atoms with Gasteiger partial charge >= 0.3 is 0 Å². The monoisotopic (exact) mass is 348 g/mol. The van der Waals surface area contributed by atoms with Gasteiger partial charge in [-0.2, -0.15) is 0 Å². The third-order valence-electron chi connectivity index (χ3n) is 2.81. The first-order valence-electron chi connectivity index (χ1n) is 6.73. The van der Waals surface area contributed by atoms with E-state index in [1.807, 2.05) is 32.0 Å². The molecule has 6 heteroatoms. The van der Waals surface area contributed by atoms with Gasteiger partial charge in [0.15, 0.2) is 0 Å². The molecule has 0 atom stereocenters. The van der Waals surface area contributed by atoms with Crippen molar-refractivity contribution in [1.82, 2.24) is 15.3 Å². The number of aromatic nitrogens is 2. The number of hydrogen-bond donors (Lipinski definition) is 2. The number of halogens is 1. The topological polar surface area (TPSA) is 66.9 Å². The van der Waals surface area contributed by atoms with Crippen LogP contribution >= 0.6 is 15.9 Å². The predicted octanol–water partition coefficient (Wildman–Crippen LogP) is 3.43. The quantitative estimate of drug-likeness (QED) is 0.868. The summed E-state index contributed by atoms with van der Waals surface area (Å²) in [5.74, 6) is 0.388. The van der Waals surface area contributed by atoms with Crippen molar-refractivity contribution in [3.8, 4) is 0 Å². The third kappa shape index (κ3) is 4.26. The zero-order valence-corrected chi connectivity index (χ0v) is 13.6. The fraction of sp³-hybridized carbons (Fsp3) is 0.267. The Kier molecular flexibility index (Phi) is 5.27. The minimum absolute atomic E-state index is 0.201. The molecule has 0 saturated heterocycles. The Morgan fingerprint density at radius 2 is 2.10 bits per heavy atom. The maximum Gasteiger partial charge on any atom is 0.271 e. The Morgan fingerprint density at radius 1 is 1.29 bits per heavy atom. The maximum atomic E-state index is 11.7. The zero-order chi connectivity index (χ0) is 15.2. The van der Waals surface area contributed by atoms with Crippen LogP contribution in [0.1, 0.15) is 29.4 Å². The molecule has 1 aromatic heterocycles. The van der Waals surface area contributed by atoms with E-state index in [0.717, 1.165) is 16.6 Å². The van der Waals surface area contributed by atoms with Gasteiger partial charge in [-0.05, 0) is 47.0 Å². The molecule has 5 nitrogen and oxygen atoms in total. The van der Waals surface area contributed by atoms with Gasteiger partial charge in [-0.25, -0.2) is 9.97 Å². The lowest BCUT2D eigenvalue weighted by Gasteiger charge is -2.08. The Bertz CT molecular complexity index is 628. The van der Waals surface area contributed by atoms with Crippen molar-refractivity contribution in [3.05, 3.63) is 46.3 Å². The van der Waals surface area contributed by atoms with Crippen molar-refractivity contribution in [3.63, 3.8) is 0 Å². The summed E-state index contributed by atoms with van der Waals surface area (Å²) in [6, 6.07) is 5.98. The molecule has 0 aliphatic heterocycles. The van der Waals surface area contributed by atoms with E-state index in [4.69, 9.17) is 0 Å². The van der Waals surface area contributed by atoms with Gasteiger partial charge in [-0.15, -0.1) is 0 Å². The van der Waals surface area contributed by atoms with E-state index in [-0.39, 0.29) is 5.91 Å². The molecule has 2 N–H and O–H groups in total. The number of anilines is 2. The zero-order valence-electron chi connectivity index (χ0n) is 12.0. The van der Waals surface area contributed by atoms with Gasteiger partial charge in [-0.3, -0.25) is 4.79 Å². The second-order valence-corrected chi connectivity index (χ2v) is 5.51. The van der Waals surface area contributed by atoms with Crippen LogP contribution < -0.4 is 10.6 Å². The third-order valence-corrected chi connectivity index (χ3v) is 3.46. The van der Waals surface area contributed by atoms with Gasteiger partial charge in [0.05, 0.1) is 18.1 Å². The molecule has 2 aromatic rings. The number of benzene rings is 1. The largest absolute Gasteiger partial charge is 0.351 e. The molecule has 0 saturated carbocycles. The van der Waals surface area contributed by atoms with Crippen molar-refractivity contribution in [2.45, 2.75) is 20.3 Å². The number of aryl methyl sites for hydroxylation is 1. The van der Waals surface area contributed by atoms with Gasteiger partial charge in [0.2, 0.25) is 0 Å². The Balaban J connectivity index is 2.07. The summed E-state index contributed by atoms with van der Waals surface area (Å²) in [7, 11) is 0. The summed E-state index contributed by atoms with van der Waals surface area (Å²) in [6.07, 6.45) is 3.91. The maximum absolute atomic E-state index is 11.7. The number of hydrogen-bond acceptors (Lipinski definition) is 4. The second-order valence-electron chi connectivity index (χ2n) is 4.65. The molecule has 21 heavy (non-hydrogen) atoms. The van der Waals surface area contributed by atoms with Crippen molar-refractivity contribution >= 4 is 33.3 Å². The predicted molar refractivity (Wildman–Crippen MR) is 86.8 cm³/mol. The molecule has 1 aromatic carbocycles. The fourth-order valence-electron chi connectivity index (χ4n) is 1.70. The standard InChI is InChI=1S/C15H17BrN4O/c1-3-6-17-15(21)13-8-19-14(9-18-13)20-12-5-4-10(2)7-11(12)16/h4-5,7-9H,3,6H2,1-2H3,(H,17,21)(H,19,20). The lowest BCUT2D eigenvalue weighted by Crippen LogP contribution is -2.25. The molecule has 1 amide bonds. The molecule has 0 spiro atoms. The number of amides is 1. The lowest BCUT2D eigenvalue weighted by molar-refractivity contribution is 0.0948. The molecular formula is C15H17BrN4O. The summed E-state index contributed by atoms with van der Waals surface area (Å²) < 4.78 is 0.953. The van der Waals surface area contributed by atoms with Crippen LogP contribution in [0, 0.1) is 6.92 Å². The smallest absolute Gasteiger partial charge is 0.271 e. The molecule has 0 aliphatic rings. The van der Waals surface area contributed by atoms with Crippen LogP contribution in [0.4, 0.5) is 11.5 Å².